The summed E-state index contributed by atoms with van der Waals surface area (Å²) in [5, 5.41) is 0. The van der Waals surface area contributed by atoms with Crippen LogP contribution in [-0.2, 0) is 16.0 Å². The molecule has 2 rings (SSSR count). The molecule has 0 saturated carbocycles. The maximum Gasteiger partial charge on any atom is 0.305 e. The number of unbranched alkanes of at least 4 members (excludes halogenated alkanes) is 1. The highest BCUT2D eigenvalue weighted by Gasteiger charge is 2.02. The van der Waals surface area contributed by atoms with Crippen molar-refractivity contribution in [3.63, 3.8) is 0 Å². The van der Waals surface area contributed by atoms with Crippen LogP contribution in [0.15, 0.2) is 48.7 Å². The number of pyridine rings is 1. The Hall–Kier alpha value is -2.16. The molecule has 110 valence electrons. The molecule has 1 aromatic heterocycles. The van der Waals surface area contributed by atoms with E-state index in [1.54, 1.807) is 0 Å². The lowest BCUT2D eigenvalue weighted by molar-refractivity contribution is -0.143. The fourth-order valence-corrected chi connectivity index (χ4v) is 2.18. The van der Waals surface area contributed by atoms with Gasteiger partial charge < -0.3 is 4.74 Å². The van der Waals surface area contributed by atoms with Gasteiger partial charge in [0.05, 0.1) is 12.3 Å². The van der Waals surface area contributed by atoms with E-state index >= 15 is 0 Å². The van der Waals surface area contributed by atoms with Crippen molar-refractivity contribution in [1.82, 2.24) is 4.98 Å². The minimum atomic E-state index is -0.102. The molecule has 0 N–H and O–H groups in total. The van der Waals surface area contributed by atoms with E-state index < -0.39 is 0 Å². The highest BCUT2D eigenvalue weighted by atomic mass is 16.5. The molecule has 3 nitrogen and oxygen atoms in total. The summed E-state index contributed by atoms with van der Waals surface area (Å²) in [7, 11) is 0. The second kappa shape index (κ2) is 8.20. The minimum Gasteiger partial charge on any atom is -0.466 e. The third-order valence-electron chi connectivity index (χ3n) is 3.30. The molecular formula is C18H21NO2. The van der Waals surface area contributed by atoms with E-state index in [-0.39, 0.29) is 5.97 Å². The normalized spacial score (nSPS) is 10.3. The van der Waals surface area contributed by atoms with E-state index in [2.05, 4.69) is 29.2 Å². The Morgan fingerprint density at radius 2 is 1.90 bits per heavy atom. The average Bonchev–Trinajstić information content (AvgIpc) is 2.53. The first kappa shape index (κ1) is 15.2. The maximum atomic E-state index is 11.2. The molecular weight excluding hydrogens is 262 g/mol. The molecule has 3 heteroatoms. The van der Waals surface area contributed by atoms with Crippen molar-refractivity contribution >= 4 is 5.97 Å². The van der Waals surface area contributed by atoms with Crippen LogP contribution >= 0.6 is 0 Å². The Balaban J connectivity index is 1.79. The topological polar surface area (TPSA) is 39.2 Å². The molecule has 0 radical (unpaired) electrons. The Morgan fingerprint density at radius 3 is 2.57 bits per heavy atom. The largest absolute Gasteiger partial charge is 0.466 e. The van der Waals surface area contributed by atoms with Gasteiger partial charge in [0.15, 0.2) is 0 Å². The lowest BCUT2D eigenvalue weighted by Gasteiger charge is -2.04. The summed E-state index contributed by atoms with van der Waals surface area (Å²) in [6.07, 6.45) is 5.21. The predicted octanol–water partition coefficient (Wildman–Crippen LogP) is 4.02. The summed E-state index contributed by atoms with van der Waals surface area (Å²) in [4.78, 5) is 15.7. The molecule has 2 aromatic rings. The summed E-state index contributed by atoms with van der Waals surface area (Å²) in [5.74, 6) is -0.102. The molecule has 0 aliphatic heterocycles. The van der Waals surface area contributed by atoms with Crippen molar-refractivity contribution in [2.75, 3.05) is 6.61 Å². The number of carbonyl (C=O) groups is 1. The van der Waals surface area contributed by atoms with Crippen LogP contribution in [-0.4, -0.2) is 17.6 Å². The van der Waals surface area contributed by atoms with Crippen molar-refractivity contribution in [3.8, 4) is 11.3 Å². The number of esters is 1. The molecule has 0 aliphatic rings. The van der Waals surface area contributed by atoms with E-state index in [0.29, 0.717) is 13.0 Å². The smallest absolute Gasteiger partial charge is 0.305 e. The van der Waals surface area contributed by atoms with Crippen LogP contribution in [0.1, 0.15) is 31.7 Å². The van der Waals surface area contributed by atoms with Gasteiger partial charge in [-0.3, -0.25) is 9.78 Å². The number of carbonyl (C=O) groups excluding carboxylic acids is 1. The summed E-state index contributed by atoms with van der Waals surface area (Å²) in [6.45, 7) is 2.29. The van der Waals surface area contributed by atoms with Crippen LogP contribution < -0.4 is 0 Å². The Morgan fingerprint density at radius 1 is 1.10 bits per heavy atom. The molecule has 1 aromatic carbocycles. The summed E-state index contributed by atoms with van der Waals surface area (Å²) >= 11 is 0. The number of benzene rings is 1. The first-order valence-corrected chi connectivity index (χ1v) is 7.45. The summed E-state index contributed by atoms with van der Waals surface area (Å²) in [6, 6.07) is 14.3. The zero-order valence-corrected chi connectivity index (χ0v) is 12.4. The van der Waals surface area contributed by atoms with Crippen LogP contribution in [0.2, 0.25) is 0 Å². The number of aromatic nitrogens is 1. The number of rotatable bonds is 7. The number of hydrogen-bond acceptors (Lipinski definition) is 3. The van der Waals surface area contributed by atoms with Gasteiger partial charge in [-0.1, -0.05) is 36.4 Å². The van der Waals surface area contributed by atoms with Crippen LogP contribution in [0.5, 0.6) is 0 Å². The maximum absolute atomic E-state index is 11.2. The van der Waals surface area contributed by atoms with Crippen LogP contribution in [0.4, 0.5) is 0 Å². The Labute approximate surface area is 126 Å². The number of nitrogens with zero attached hydrogens (tertiary/aromatic N) is 1. The molecule has 0 spiro atoms. The molecule has 0 bridgehead atoms. The zero-order chi connectivity index (χ0) is 14.9. The van der Waals surface area contributed by atoms with Gasteiger partial charge in [0.2, 0.25) is 0 Å². The van der Waals surface area contributed by atoms with Crippen molar-refractivity contribution in [1.29, 1.82) is 0 Å². The zero-order valence-electron chi connectivity index (χ0n) is 12.4. The Kier molecular flexibility index (Phi) is 5.95. The van der Waals surface area contributed by atoms with Gasteiger partial charge in [0.1, 0.15) is 0 Å². The average molecular weight is 283 g/mol. The first-order valence-electron chi connectivity index (χ1n) is 7.45. The second-order valence-corrected chi connectivity index (χ2v) is 4.93. The van der Waals surface area contributed by atoms with Gasteiger partial charge in [0, 0.05) is 18.2 Å². The number of hydrogen-bond donors (Lipinski definition) is 0. The molecule has 0 atom stereocenters. The number of aryl methyl sites for hydroxylation is 1. The van der Waals surface area contributed by atoms with Crippen molar-refractivity contribution in [2.45, 2.75) is 32.6 Å². The molecule has 0 fully saturated rings. The van der Waals surface area contributed by atoms with Gasteiger partial charge in [-0.2, -0.15) is 0 Å². The molecule has 0 aliphatic carbocycles. The van der Waals surface area contributed by atoms with Crippen LogP contribution in [0.25, 0.3) is 11.3 Å². The van der Waals surface area contributed by atoms with Crippen LogP contribution in [0.3, 0.4) is 0 Å². The number of ether oxygens (including phenoxy) is 1. The third kappa shape index (κ3) is 5.03. The monoisotopic (exact) mass is 283 g/mol. The SMILES string of the molecule is CCOC(=O)CCCCc1ccc(-c2ccccc2)nc1. The van der Waals surface area contributed by atoms with E-state index in [0.717, 1.165) is 30.5 Å². The predicted molar refractivity (Wildman–Crippen MR) is 83.9 cm³/mol. The van der Waals surface area contributed by atoms with Gasteiger partial charge in [-0.05, 0) is 37.8 Å². The van der Waals surface area contributed by atoms with Gasteiger partial charge in [-0.15, -0.1) is 0 Å². The lowest BCUT2D eigenvalue weighted by atomic mass is 10.1. The quantitative estimate of drug-likeness (QED) is 0.569. The fraction of sp³-hybridized carbons (Fsp3) is 0.333. The summed E-state index contributed by atoms with van der Waals surface area (Å²) < 4.78 is 4.91. The van der Waals surface area contributed by atoms with Crippen molar-refractivity contribution < 1.29 is 9.53 Å². The fourth-order valence-electron chi connectivity index (χ4n) is 2.18. The van der Waals surface area contributed by atoms with Gasteiger partial charge in [0.25, 0.3) is 0 Å². The first-order chi connectivity index (χ1) is 10.3. The molecule has 0 saturated heterocycles. The standard InChI is InChI=1S/C18H21NO2/c1-2-21-18(20)11-7-6-8-15-12-13-17(19-14-15)16-9-4-3-5-10-16/h3-5,9-10,12-14H,2,6-8,11H2,1H3. The van der Waals surface area contributed by atoms with Gasteiger partial charge >= 0.3 is 5.97 Å². The highest BCUT2D eigenvalue weighted by molar-refractivity contribution is 5.69. The molecule has 1 heterocycles. The third-order valence-corrected chi connectivity index (χ3v) is 3.30. The Bertz CT molecular complexity index is 549. The molecule has 0 amide bonds. The van der Waals surface area contributed by atoms with Crippen molar-refractivity contribution in [3.05, 3.63) is 54.2 Å². The van der Waals surface area contributed by atoms with E-state index in [1.807, 2.05) is 31.3 Å². The van der Waals surface area contributed by atoms with Crippen molar-refractivity contribution in [2.24, 2.45) is 0 Å². The van der Waals surface area contributed by atoms with E-state index in [9.17, 15) is 4.79 Å². The van der Waals surface area contributed by atoms with Crippen LogP contribution in [0, 0.1) is 0 Å². The molecule has 21 heavy (non-hydrogen) atoms. The second-order valence-electron chi connectivity index (χ2n) is 4.93. The molecule has 0 unspecified atom stereocenters. The minimum absolute atomic E-state index is 0.102. The van der Waals surface area contributed by atoms with Gasteiger partial charge in [-0.25, -0.2) is 0 Å². The lowest BCUT2D eigenvalue weighted by Crippen LogP contribution is -2.03. The van der Waals surface area contributed by atoms with E-state index in [1.165, 1.54) is 5.56 Å². The van der Waals surface area contributed by atoms with E-state index in [4.69, 9.17) is 4.74 Å². The summed E-state index contributed by atoms with van der Waals surface area (Å²) in [5.41, 5.74) is 3.33. The highest BCUT2D eigenvalue weighted by Crippen LogP contribution is 2.17.